The van der Waals surface area contributed by atoms with Crippen LogP contribution < -0.4 is 0 Å². The molecular weight excluding hydrogens is 188 g/mol. The van der Waals surface area contributed by atoms with E-state index in [1.54, 1.807) is 0 Å². The SMILES string of the molecule is [O]Cc1cc(Br)cs1. The van der Waals surface area contributed by atoms with Crippen LogP contribution in [-0.4, -0.2) is 0 Å². The van der Waals surface area contributed by atoms with Crippen molar-refractivity contribution in [2.45, 2.75) is 6.61 Å². The summed E-state index contributed by atoms with van der Waals surface area (Å²) < 4.78 is 1.01. The molecule has 0 saturated heterocycles. The van der Waals surface area contributed by atoms with Crippen LogP contribution in [0.1, 0.15) is 4.88 Å². The molecule has 8 heavy (non-hydrogen) atoms. The van der Waals surface area contributed by atoms with Crippen molar-refractivity contribution in [1.82, 2.24) is 0 Å². The van der Waals surface area contributed by atoms with Crippen LogP contribution in [-0.2, 0) is 11.7 Å². The van der Waals surface area contributed by atoms with Gasteiger partial charge in [0.25, 0.3) is 0 Å². The number of hydrogen-bond acceptors (Lipinski definition) is 1. The first kappa shape index (κ1) is 6.26. The van der Waals surface area contributed by atoms with Crippen LogP contribution in [0.4, 0.5) is 0 Å². The molecule has 0 atom stereocenters. The van der Waals surface area contributed by atoms with E-state index in [0.717, 1.165) is 9.35 Å². The van der Waals surface area contributed by atoms with E-state index in [2.05, 4.69) is 15.9 Å². The van der Waals surface area contributed by atoms with E-state index in [-0.39, 0.29) is 6.61 Å². The second-order valence-electron chi connectivity index (χ2n) is 1.38. The van der Waals surface area contributed by atoms with Gasteiger partial charge in [0, 0.05) is 14.7 Å². The topological polar surface area (TPSA) is 19.9 Å². The minimum Gasteiger partial charge on any atom is -0.231 e. The van der Waals surface area contributed by atoms with Gasteiger partial charge in [0.1, 0.15) is 6.61 Å². The average Bonchev–Trinajstić information content (AvgIpc) is 2.14. The summed E-state index contributed by atoms with van der Waals surface area (Å²) in [5.41, 5.74) is 0. The molecule has 0 saturated carbocycles. The first-order valence-corrected chi connectivity index (χ1v) is 3.81. The molecule has 0 amide bonds. The van der Waals surface area contributed by atoms with Gasteiger partial charge in [-0.2, -0.15) is 0 Å². The van der Waals surface area contributed by atoms with Gasteiger partial charge in [0.15, 0.2) is 0 Å². The average molecular weight is 192 g/mol. The number of halogens is 1. The smallest absolute Gasteiger partial charge is 0.116 e. The first-order chi connectivity index (χ1) is 3.83. The van der Waals surface area contributed by atoms with Crippen LogP contribution in [0.5, 0.6) is 0 Å². The van der Waals surface area contributed by atoms with Gasteiger partial charge in [0.2, 0.25) is 0 Å². The second-order valence-corrected chi connectivity index (χ2v) is 3.29. The van der Waals surface area contributed by atoms with Crippen molar-refractivity contribution in [3.8, 4) is 0 Å². The van der Waals surface area contributed by atoms with E-state index in [1.807, 2.05) is 11.4 Å². The molecule has 1 nitrogen and oxygen atoms in total. The van der Waals surface area contributed by atoms with Crippen LogP contribution in [0.25, 0.3) is 0 Å². The van der Waals surface area contributed by atoms with Gasteiger partial charge in [-0.3, -0.25) is 0 Å². The zero-order valence-corrected chi connectivity index (χ0v) is 6.46. The van der Waals surface area contributed by atoms with Crippen LogP contribution in [0.15, 0.2) is 15.9 Å². The summed E-state index contributed by atoms with van der Waals surface area (Å²) in [5, 5.41) is 12.0. The van der Waals surface area contributed by atoms with Crippen molar-refractivity contribution in [2.24, 2.45) is 0 Å². The second kappa shape index (κ2) is 2.62. The normalized spacial score (nSPS) is 9.75. The summed E-state index contributed by atoms with van der Waals surface area (Å²) in [7, 11) is 0. The maximum atomic E-state index is 10.1. The lowest BCUT2D eigenvalue weighted by molar-refractivity contribution is 0.180. The van der Waals surface area contributed by atoms with E-state index in [1.165, 1.54) is 11.3 Å². The molecule has 0 unspecified atom stereocenters. The Morgan fingerprint density at radius 3 is 2.75 bits per heavy atom. The van der Waals surface area contributed by atoms with Crippen molar-refractivity contribution in [3.63, 3.8) is 0 Å². The Kier molecular flexibility index (Phi) is 2.05. The molecule has 1 radical (unpaired) electrons. The molecule has 1 rings (SSSR count). The van der Waals surface area contributed by atoms with Gasteiger partial charge >= 0.3 is 0 Å². The Balaban J connectivity index is 2.84. The lowest BCUT2D eigenvalue weighted by atomic mass is 10.5. The molecule has 43 valence electrons. The lowest BCUT2D eigenvalue weighted by Crippen LogP contribution is -1.67. The number of rotatable bonds is 1. The fourth-order valence-corrected chi connectivity index (χ4v) is 1.73. The molecule has 0 fully saturated rings. The van der Waals surface area contributed by atoms with Crippen molar-refractivity contribution in [1.29, 1.82) is 0 Å². The van der Waals surface area contributed by atoms with Crippen LogP contribution in [0.3, 0.4) is 0 Å². The summed E-state index contributed by atoms with van der Waals surface area (Å²) in [6, 6.07) is 1.84. The zero-order chi connectivity index (χ0) is 5.98. The quantitative estimate of drug-likeness (QED) is 0.651. The van der Waals surface area contributed by atoms with E-state index < -0.39 is 0 Å². The summed E-state index contributed by atoms with van der Waals surface area (Å²) in [5.74, 6) is 0. The Hall–Kier alpha value is 0.140. The lowest BCUT2D eigenvalue weighted by Gasteiger charge is -1.76. The van der Waals surface area contributed by atoms with Crippen molar-refractivity contribution >= 4 is 27.3 Å². The highest BCUT2D eigenvalue weighted by molar-refractivity contribution is 9.10. The van der Waals surface area contributed by atoms with E-state index in [4.69, 9.17) is 0 Å². The highest BCUT2D eigenvalue weighted by Gasteiger charge is 1.93. The molecule has 0 aliphatic carbocycles. The molecule has 0 aromatic carbocycles. The Morgan fingerprint density at radius 2 is 2.50 bits per heavy atom. The standard InChI is InChI=1S/C5H4BrOS/c6-4-1-5(2-7)8-3-4/h1,3H,2H2. The van der Waals surface area contributed by atoms with Gasteiger partial charge in [-0.15, -0.1) is 11.3 Å². The maximum Gasteiger partial charge on any atom is 0.116 e. The van der Waals surface area contributed by atoms with Crippen LogP contribution in [0, 0.1) is 0 Å². The zero-order valence-electron chi connectivity index (χ0n) is 4.06. The predicted octanol–water partition coefficient (Wildman–Crippen LogP) is 2.44. The molecule has 3 heteroatoms. The molecule has 0 aliphatic heterocycles. The van der Waals surface area contributed by atoms with Gasteiger partial charge in [-0.1, -0.05) is 0 Å². The Bertz CT molecular complexity index is 173. The Labute approximate surface area is 60.1 Å². The van der Waals surface area contributed by atoms with Crippen LogP contribution >= 0.6 is 27.3 Å². The van der Waals surface area contributed by atoms with Crippen LogP contribution in [0.2, 0.25) is 0 Å². The van der Waals surface area contributed by atoms with Gasteiger partial charge in [-0.05, 0) is 22.0 Å². The highest BCUT2D eigenvalue weighted by atomic mass is 79.9. The maximum absolute atomic E-state index is 10.1. The van der Waals surface area contributed by atoms with Crippen molar-refractivity contribution in [2.75, 3.05) is 0 Å². The van der Waals surface area contributed by atoms with Crippen molar-refractivity contribution in [3.05, 3.63) is 20.8 Å². The monoisotopic (exact) mass is 191 g/mol. The summed E-state index contributed by atoms with van der Waals surface area (Å²) >= 11 is 4.73. The summed E-state index contributed by atoms with van der Waals surface area (Å²) in [6.45, 7) is -0.101. The first-order valence-electron chi connectivity index (χ1n) is 2.14. The number of hydrogen-bond donors (Lipinski definition) is 0. The molecule has 1 heterocycles. The molecule has 1 aromatic rings. The summed E-state index contributed by atoms with van der Waals surface area (Å²) in [4.78, 5) is 0.886. The third-order valence-electron chi connectivity index (χ3n) is 0.764. The summed E-state index contributed by atoms with van der Waals surface area (Å²) in [6.07, 6.45) is 0. The largest absolute Gasteiger partial charge is 0.231 e. The van der Waals surface area contributed by atoms with E-state index in [0.29, 0.717) is 0 Å². The van der Waals surface area contributed by atoms with Crippen molar-refractivity contribution < 1.29 is 5.11 Å². The third-order valence-corrected chi connectivity index (χ3v) is 2.44. The third kappa shape index (κ3) is 1.31. The molecular formula is C5H4BrOS. The molecule has 0 bridgehead atoms. The molecule has 1 aromatic heterocycles. The fraction of sp³-hybridized carbons (Fsp3) is 0.200. The fourth-order valence-electron chi connectivity index (χ4n) is 0.430. The van der Waals surface area contributed by atoms with Gasteiger partial charge < -0.3 is 0 Å². The Morgan fingerprint density at radius 1 is 1.75 bits per heavy atom. The van der Waals surface area contributed by atoms with E-state index >= 15 is 0 Å². The van der Waals surface area contributed by atoms with E-state index in [9.17, 15) is 5.11 Å². The molecule has 0 aliphatic rings. The molecule has 0 spiro atoms. The highest BCUT2D eigenvalue weighted by Crippen LogP contribution is 2.19. The minimum atomic E-state index is -0.101. The minimum absolute atomic E-state index is 0.101. The number of thiophene rings is 1. The van der Waals surface area contributed by atoms with Gasteiger partial charge in [0.05, 0.1) is 0 Å². The molecule has 0 N–H and O–H groups in total. The predicted molar refractivity (Wildman–Crippen MR) is 36.4 cm³/mol. The van der Waals surface area contributed by atoms with Gasteiger partial charge in [-0.25, -0.2) is 5.11 Å².